The normalized spacial score (nSPS) is 17.8. The van der Waals surface area contributed by atoms with Gasteiger partial charge in [0.05, 0.1) is 0 Å². The molecule has 0 aliphatic carbocycles. The van der Waals surface area contributed by atoms with E-state index in [9.17, 15) is 0 Å². The number of alkyl halides is 1. The van der Waals surface area contributed by atoms with Gasteiger partial charge in [0.15, 0.2) is 0 Å². The number of aromatic nitrogens is 3. The predicted molar refractivity (Wildman–Crippen MR) is 53.5 cm³/mol. The zero-order valence-corrected chi connectivity index (χ0v) is 12.4. The number of halogens is 1. The molecule has 0 bridgehead atoms. The van der Waals surface area contributed by atoms with Crippen LogP contribution in [0.2, 0.25) is 5.28 Å². The maximum atomic E-state index is 5.94. The van der Waals surface area contributed by atoms with Crippen LogP contribution in [0.4, 0.5) is 5.95 Å². The number of nitrogens with two attached hydrogens (primary N) is 1. The van der Waals surface area contributed by atoms with Crippen LogP contribution in [-0.2, 0) is 13.0 Å². The van der Waals surface area contributed by atoms with Gasteiger partial charge in [0.25, 0.3) is 0 Å². The molecule has 0 fully saturated rings. The van der Waals surface area contributed by atoms with Crippen molar-refractivity contribution in [3.8, 4) is 0 Å². The van der Waals surface area contributed by atoms with E-state index in [1.807, 2.05) is 0 Å². The number of fused-ring (bicyclic) bond motifs is 1. The fraction of sp³-hybridized carbons (Fsp3) is 0.714. The van der Waals surface area contributed by atoms with Crippen LogP contribution in [0.1, 0.15) is 5.82 Å². The standard InChI is InChI=1S/C7H12IN5.Al.2H/c1-5(9)4-6-11-12-7-10-8-2-3-13(6)7;;;/h5H,1-4,9H2,(H,10,12);;;/q-1;;;/t5-;;;/m1.../s1. The summed E-state index contributed by atoms with van der Waals surface area (Å²) in [6, 6.07) is 0.270. The second-order valence-electron chi connectivity index (χ2n) is 3.38. The van der Waals surface area contributed by atoms with Crippen LogP contribution in [0, 0.1) is 0 Å². The molecule has 0 amide bonds. The quantitative estimate of drug-likeness (QED) is 0.255. The van der Waals surface area contributed by atoms with E-state index >= 15 is 0 Å². The third-order valence-electron chi connectivity index (χ3n) is 2.35. The molecule has 2 heterocycles. The second kappa shape index (κ2) is 4.79. The topological polar surface area (TPSA) is 68.8 Å². The van der Waals surface area contributed by atoms with Crippen molar-refractivity contribution in [1.29, 1.82) is 0 Å². The Morgan fingerprint density at radius 2 is 2.50 bits per heavy atom. The Bertz CT molecular complexity index is 315. The molecule has 0 spiro atoms. The van der Waals surface area contributed by atoms with Crippen molar-refractivity contribution in [3.63, 3.8) is 0 Å². The average Bonchev–Trinajstić information content (AvgIpc) is 2.62. The Morgan fingerprint density at radius 1 is 1.64 bits per heavy atom. The van der Waals surface area contributed by atoms with Crippen LogP contribution >= 0.6 is 0 Å². The average molecular weight is 322 g/mol. The summed E-state index contributed by atoms with van der Waals surface area (Å²) >= 11 is 1.28. The van der Waals surface area contributed by atoms with Gasteiger partial charge in [-0.25, -0.2) is 0 Å². The van der Waals surface area contributed by atoms with Gasteiger partial charge < -0.3 is 0 Å². The van der Waals surface area contributed by atoms with Gasteiger partial charge in [-0.3, -0.25) is 0 Å². The van der Waals surface area contributed by atoms with E-state index in [1.54, 1.807) is 0 Å². The number of rotatable bonds is 3. The van der Waals surface area contributed by atoms with Crippen LogP contribution in [0.25, 0.3) is 0 Å². The molecule has 0 saturated carbocycles. The molecule has 1 aromatic heterocycles. The molecule has 1 atom stereocenters. The van der Waals surface area contributed by atoms with E-state index in [4.69, 9.17) is 5.73 Å². The number of hydrogen-bond acceptors (Lipinski definition) is 4. The Hall–Kier alpha value is 0.162. The maximum absolute atomic E-state index is 5.94. The summed E-state index contributed by atoms with van der Waals surface area (Å²) in [4.78, 5) is 0. The van der Waals surface area contributed by atoms with E-state index < -0.39 is 0 Å². The first-order valence-corrected chi connectivity index (χ1v) is 8.85. The Balaban J connectivity index is 2.14. The molecule has 78 valence electrons. The number of hydrogen-bond donors (Lipinski definition) is 2. The monoisotopic (exact) mass is 322 g/mol. The molecule has 3 N–H and O–H groups in total. The van der Waals surface area contributed by atoms with Crippen LogP contribution < -0.4 is 30.7 Å². The van der Waals surface area contributed by atoms with Crippen molar-refractivity contribution in [1.82, 2.24) is 14.8 Å². The second-order valence-corrected chi connectivity index (χ2v) is 6.58. The van der Waals surface area contributed by atoms with Crippen molar-refractivity contribution < 1.29 is 21.5 Å². The van der Waals surface area contributed by atoms with Gasteiger partial charge in [0, 0.05) is 0 Å². The number of anilines is 1. The molecule has 1 aliphatic rings. The molecule has 0 unspecified atom stereocenters. The van der Waals surface area contributed by atoms with Gasteiger partial charge in [-0.05, 0) is 0 Å². The molecule has 0 radical (unpaired) electrons. The van der Waals surface area contributed by atoms with Gasteiger partial charge >= 0.3 is 102 Å². The molecule has 0 saturated heterocycles. The molecule has 14 heavy (non-hydrogen) atoms. The number of nitrogens with zero attached hydrogens (tertiary/aromatic N) is 3. The van der Waals surface area contributed by atoms with Gasteiger partial charge in [-0.1, -0.05) is 0 Å². The van der Waals surface area contributed by atoms with E-state index in [2.05, 4.69) is 18.3 Å². The Kier molecular flexibility index (Phi) is 3.65. The fourth-order valence-corrected chi connectivity index (χ4v) is 3.43. The first-order chi connectivity index (χ1) is 6.81. The van der Waals surface area contributed by atoms with E-state index in [0.717, 1.165) is 46.3 Å². The molecular formula is C7H14AlIN5-. The summed E-state index contributed by atoms with van der Waals surface area (Å²) in [6.45, 7) is 1.08. The van der Waals surface area contributed by atoms with Crippen LogP contribution in [0.3, 0.4) is 0 Å². The molecule has 1 aromatic rings. The number of nitrogens with one attached hydrogen (secondary N) is 1. The predicted octanol–water partition coefficient (Wildman–Crippen LogP) is -4.37. The van der Waals surface area contributed by atoms with Crippen molar-refractivity contribution in [2.75, 3.05) is 7.96 Å². The van der Waals surface area contributed by atoms with Crippen LogP contribution in [0.5, 0.6) is 0 Å². The molecule has 7 heteroatoms. The zero-order valence-electron chi connectivity index (χ0n) is 8.20. The van der Waals surface area contributed by atoms with E-state index in [1.165, 1.54) is 4.43 Å². The van der Waals surface area contributed by atoms with E-state index in [0.29, 0.717) is 0 Å². The summed E-state index contributed by atoms with van der Waals surface area (Å²) in [5, 5.41) is 9.45. The van der Waals surface area contributed by atoms with Crippen LogP contribution in [0.15, 0.2) is 0 Å². The first-order valence-electron chi connectivity index (χ1n) is 4.83. The summed E-state index contributed by atoms with van der Waals surface area (Å²) < 4.78 is 6.78. The zero-order chi connectivity index (χ0) is 9.97. The molecular weight excluding hydrogens is 308 g/mol. The van der Waals surface area contributed by atoms with Crippen molar-refractivity contribution >= 4 is 22.2 Å². The third-order valence-corrected chi connectivity index (χ3v) is 5.28. The first kappa shape index (κ1) is 10.7. The Morgan fingerprint density at radius 3 is 3.29 bits per heavy atom. The summed E-state index contributed by atoms with van der Waals surface area (Å²) in [5.41, 5.74) is 5.94. The van der Waals surface area contributed by atoms with Crippen molar-refractivity contribution in [3.05, 3.63) is 5.82 Å². The van der Waals surface area contributed by atoms with Gasteiger partial charge in [-0.2, -0.15) is 0 Å². The minimum atomic E-state index is 0.116. The summed E-state index contributed by atoms with van der Waals surface area (Å²) in [7, 11) is 0. The van der Waals surface area contributed by atoms with Gasteiger partial charge in [-0.15, -0.1) is 0 Å². The van der Waals surface area contributed by atoms with Gasteiger partial charge in [0.1, 0.15) is 0 Å². The summed E-state index contributed by atoms with van der Waals surface area (Å²) in [6.07, 6.45) is 0.872. The van der Waals surface area contributed by atoms with Crippen molar-refractivity contribution in [2.45, 2.75) is 24.3 Å². The molecule has 1 aliphatic heterocycles. The fourth-order valence-electron chi connectivity index (χ4n) is 1.40. The Labute approximate surface area is 102 Å². The molecule has 0 aromatic carbocycles. The van der Waals surface area contributed by atoms with Crippen molar-refractivity contribution in [2.24, 2.45) is 5.73 Å². The minimum absolute atomic E-state index is 0.116. The SMILES string of the molecule is N[C@H]([CH2][AlH2])Cc1nnc2n1CC[I-]N2. The molecule has 5 nitrogen and oxygen atoms in total. The summed E-state index contributed by atoms with van der Waals surface area (Å²) in [5.74, 6) is 2.01. The third kappa shape index (κ3) is 2.21. The van der Waals surface area contributed by atoms with Gasteiger partial charge in [0.2, 0.25) is 0 Å². The van der Waals surface area contributed by atoms with E-state index in [-0.39, 0.29) is 27.5 Å². The van der Waals surface area contributed by atoms with Crippen LogP contribution in [-0.4, -0.2) is 41.5 Å². The molecule has 2 rings (SSSR count).